The number of H-pyrrole nitrogens is 1. The number of carbonyl (C=O) groups excluding carboxylic acids is 2. The number of ketones is 1. The van der Waals surface area contributed by atoms with Gasteiger partial charge >= 0.3 is 5.97 Å². The Bertz CT molecular complexity index is 1350. The molecule has 0 atom stereocenters. The number of Topliss-reactive ketones (excluding diaryl/α,β-unsaturated/α-hetero) is 1. The Labute approximate surface area is 196 Å². The van der Waals surface area contributed by atoms with Crippen LogP contribution in [0.15, 0.2) is 59.9 Å². The number of ether oxygens (including phenoxy) is 3. The third-order valence-electron chi connectivity index (χ3n) is 5.90. The lowest BCUT2D eigenvalue weighted by atomic mass is 9.99. The van der Waals surface area contributed by atoms with Crippen LogP contribution in [0, 0.1) is 0 Å². The van der Waals surface area contributed by atoms with Gasteiger partial charge in [0.2, 0.25) is 11.7 Å². The smallest absolute Gasteiger partial charge is 0.348 e. The zero-order valence-electron chi connectivity index (χ0n) is 19.3. The van der Waals surface area contributed by atoms with Crippen molar-refractivity contribution < 1.29 is 23.8 Å². The quantitative estimate of drug-likeness (QED) is 0.353. The summed E-state index contributed by atoms with van der Waals surface area (Å²) in [4.78, 5) is 35.6. The van der Waals surface area contributed by atoms with E-state index in [4.69, 9.17) is 14.2 Å². The number of nitrogens with one attached hydrogen (secondary N) is 1. The first kappa shape index (κ1) is 21.8. The first-order chi connectivity index (χ1) is 16.4. The molecule has 0 saturated carbocycles. The maximum absolute atomic E-state index is 13.4. The van der Waals surface area contributed by atoms with Crippen molar-refractivity contribution in [3.63, 3.8) is 0 Å². The Balaban J connectivity index is 1.50. The molecule has 8 heteroatoms. The molecule has 174 valence electrons. The number of aromatic nitrogens is 2. The monoisotopic (exact) mass is 459 g/mol. The zero-order chi connectivity index (χ0) is 23.8. The van der Waals surface area contributed by atoms with Crippen molar-refractivity contribution in [2.75, 3.05) is 13.7 Å². The highest BCUT2D eigenvalue weighted by molar-refractivity contribution is 6.26. The molecule has 5 rings (SSSR count). The average Bonchev–Trinajstić information content (AvgIpc) is 3.39. The first-order valence-electron chi connectivity index (χ1n) is 11.2. The van der Waals surface area contributed by atoms with Crippen molar-refractivity contribution >= 4 is 28.9 Å². The van der Waals surface area contributed by atoms with Gasteiger partial charge in [-0.3, -0.25) is 4.79 Å². The van der Waals surface area contributed by atoms with Crippen LogP contribution in [0.5, 0.6) is 5.75 Å². The van der Waals surface area contributed by atoms with E-state index in [0.29, 0.717) is 18.7 Å². The van der Waals surface area contributed by atoms with Crippen LogP contribution >= 0.6 is 0 Å². The van der Waals surface area contributed by atoms with Crippen molar-refractivity contribution in [3.05, 3.63) is 76.6 Å². The van der Waals surface area contributed by atoms with Crippen LogP contribution < -0.4 is 4.74 Å². The minimum absolute atomic E-state index is 0.0742. The molecular formula is C26H25N3O5. The van der Waals surface area contributed by atoms with E-state index in [1.807, 2.05) is 35.2 Å². The number of carbonyl (C=O) groups is 2. The number of esters is 1. The molecule has 0 unspecified atom stereocenters. The van der Waals surface area contributed by atoms with E-state index in [0.717, 1.165) is 28.7 Å². The van der Waals surface area contributed by atoms with Gasteiger partial charge in [-0.1, -0.05) is 6.07 Å². The number of aromatic amines is 1. The van der Waals surface area contributed by atoms with E-state index in [1.165, 1.54) is 5.56 Å². The summed E-state index contributed by atoms with van der Waals surface area (Å²) < 4.78 is 16.8. The average molecular weight is 460 g/mol. The summed E-state index contributed by atoms with van der Waals surface area (Å²) >= 11 is 0. The minimum Gasteiger partial charge on any atom is -0.497 e. The molecule has 0 aliphatic carbocycles. The molecule has 34 heavy (non-hydrogen) atoms. The lowest BCUT2D eigenvalue weighted by Crippen LogP contribution is -2.32. The third kappa shape index (κ3) is 3.91. The number of rotatable bonds is 5. The zero-order valence-corrected chi connectivity index (χ0v) is 19.3. The van der Waals surface area contributed by atoms with Gasteiger partial charge in [-0.15, -0.1) is 0 Å². The number of fused-ring (bicyclic) bond motifs is 2. The van der Waals surface area contributed by atoms with Gasteiger partial charge in [0.1, 0.15) is 11.4 Å². The molecule has 0 saturated heterocycles. The molecule has 2 aliphatic heterocycles. The van der Waals surface area contributed by atoms with Crippen molar-refractivity contribution in [2.24, 2.45) is 0 Å². The normalized spacial score (nSPS) is 16.9. The molecule has 0 bridgehead atoms. The van der Waals surface area contributed by atoms with Crippen molar-refractivity contribution in [3.8, 4) is 5.75 Å². The molecule has 0 radical (unpaired) electrons. The number of hydrogen-bond acceptors (Lipinski definition) is 7. The second-order valence-electron chi connectivity index (χ2n) is 8.52. The van der Waals surface area contributed by atoms with Gasteiger partial charge < -0.3 is 24.1 Å². The van der Waals surface area contributed by atoms with E-state index in [9.17, 15) is 9.59 Å². The van der Waals surface area contributed by atoms with Crippen LogP contribution in [0.2, 0.25) is 0 Å². The molecule has 1 N–H and O–H groups in total. The topological polar surface area (TPSA) is 93.8 Å². The number of hydrogen-bond donors (Lipinski definition) is 1. The molecule has 2 aliphatic rings. The fourth-order valence-electron chi connectivity index (χ4n) is 4.26. The van der Waals surface area contributed by atoms with E-state index in [2.05, 4.69) is 9.97 Å². The van der Waals surface area contributed by atoms with Crippen molar-refractivity contribution in [2.45, 2.75) is 32.9 Å². The lowest BCUT2D eigenvalue weighted by molar-refractivity contribution is -0.143. The lowest BCUT2D eigenvalue weighted by Gasteiger charge is -2.31. The van der Waals surface area contributed by atoms with Gasteiger partial charge in [0.05, 0.1) is 13.2 Å². The highest BCUT2D eigenvalue weighted by atomic mass is 16.6. The van der Waals surface area contributed by atoms with Crippen LogP contribution in [-0.2, 0) is 32.0 Å². The Morgan fingerprint density at radius 1 is 1.26 bits per heavy atom. The Morgan fingerprint density at radius 3 is 2.91 bits per heavy atom. The molecular weight excluding hydrogens is 434 g/mol. The van der Waals surface area contributed by atoms with Crippen LogP contribution in [0.25, 0.3) is 17.1 Å². The van der Waals surface area contributed by atoms with Crippen molar-refractivity contribution in [1.82, 2.24) is 14.9 Å². The predicted molar refractivity (Wildman–Crippen MR) is 126 cm³/mol. The highest BCUT2D eigenvalue weighted by Gasteiger charge is 2.40. The maximum atomic E-state index is 13.4. The molecule has 8 nitrogen and oxygen atoms in total. The van der Waals surface area contributed by atoms with Gasteiger partial charge in [0, 0.05) is 36.4 Å². The SMILES string of the molecule is COc1ccc2c(c1)CCN(C1=C(C(=O)OC(C)C)C(=O)C(=Cc3c[nH]c4ncccc34)O1)C2. The van der Waals surface area contributed by atoms with Gasteiger partial charge in [0.25, 0.3) is 0 Å². The Hall–Kier alpha value is -4.07. The van der Waals surface area contributed by atoms with Crippen LogP contribution in [0.3, 0.4) is 0 Å². The molecule has 0 spiro atoms. The van der Waals surface area contributed by atoms with E-state index < -0.39 is 11.8 Å². The molecule has 4 heterocycles. The molecule has 0 fully saturated rings. The Kier molecular flexibility index (Phi) is 5.57. The molecule has 0 amide bonds. The number of benzene rings is 1. The number of methoxy groups -OCH3 is 1. The van der Waals surface area contributed by atoms with Crippen LogP contribution in [-0.4, -0.2) is 46.4 Å². The summed E-state index contributed by atoms with van der Waals surface area (Å²) in [7, 11) is 1.64. The van der Waals surface area contributed by atoms with Crippen LogP contribution in [0.4, 0.5) is 0 Å². The van der Waals surface area contributed by atoms with Crippen molar-refractivity contribution in [1.29, 1.82) is 0 Å². The standard InChI is InChI=1S/C26H25N3O5/c1-15(2)33-26(31)22-23(30)21(12-18-13-28-24-20(18)5-4-9-27-24)34-25(22)29-10-8-16-11-19(32-3)7-6-17(16)14-29/h4-7,9,11-13,15H,8,10,14H2,1-3H3,(H,27,28). The second-order valence-corrected chi connectivity index (χ2v) is 8.52. The molecule has 2 aromatic heterocycles. The van der Waals surface area contributed by atoms with Crippen LogP contribution in [0.1, 0.15) is 30.5 Å². The predicted octanol–water partition coefficient (Wildman–Crippen LogP) is 3.73. The number of allylic oxidation sites excluding steroid dienone is 1. The summed E-state index contributed by atoms with van der Waals surface area (Å²) in [5.41, 5.74) is 3.65. The van der Waals surface area contributed by atoms with Gasteiger partial charge in [-0.25, -0.2) is 9.78 Å². The van der Waals surface area contributed by atoms with E-state index in [1.54, 1.807) is 39.4 Å². The summed E-state index contributed by atoms with van der Waals surface area (Å²) in [6, 6.07) is 9.65. The Morgan fingerprint density at radius 2 is 2.12 bits per heavy atom. The largest absolute Gasteiger partial charge is 0.497 e. The van der Waals surface area contributed by atoms with Gasteiger partial charge in [0.15, 0.2) is 11.3 Å². The summed E-state index contributed by atoms with van der Waals surface area (Å²) in [6.45, 7) is 4.59. The second kappa shape index (κ2) is 8.70. The fraction of sp³-hybridized carbons (Fsp3) is 0.269. The summed E-state index contributed by atoms with van der Waals surface area (Å²) in [5.74, 6) is -0.0467. The number of pyridine rings is 1. The van der Waals surface area contributed by atoms with E-state index in [-0.39, 0.29) is 23.3 Å². The van der Waals surface area contributed by atoms with Gasteiger partial charge in [-0.2, -0.15) is 0 Å². The van der Waals surface area contributed by atoms with E-state index >= 15 is 0 Å². The fourth-order valence-corrected chi connectivity index (χ4v) is 4.26. The number of nitrogens with zero attached hydrogens (tertiary/aromatic N) is 2. The summed E-state index contributed by atoms with van der Waals surface area (Å²) in [6.07, 6.45) is 5.46. The third-order valence-corrected chi connectivity index (χ3v) is 5.90. The molecule has 3 aromatic rings. The summed E-state index contributed by atoms with van der Waals surface area (Å²) in [5, 5.41) is 0.854. The first-order valence-corrected chi connectivity index (χ1v) is 11.2. The van der Waals surface area contributed by atoms with Gasteiger partial charge in [-0.05, 0) is 61.7 Å². The highest BCUT2D eigenvalue weighted by Crippen LogP contribution is 2.34. The minimum atomic E-state index is -0.681. The maximum Gasteiger partial charge on any atom is 0.348 e. The molecule has 1 aromatic carbocycles.